The number of carbonyl (C=O) groups is 2. The second-order valence-electron chi connectivity index (χ2n) is 6.41. The van der Waals surface area contributed by atoms with Crippen LogP contribution in [0.3, 0.4) is 0 Å². The summed E-state index contributed by atoms with van der Waals surface area (Å²) in [6.07, 6.45) is 1.40. The number of anilines is 1. The Bertz CT molecular complexity index is 772. The zero-order valence-corrected chi connectivity index (χ0v) is 15.1. The third-order valence-corrected chi connectivity index (χ3v) is 5.63. The first kappa shape index (κ1) is 17.2. The standard InChI is InChI=1S/C19H20N2O4S/c22-17(16-2-1-13-26-16)20-15-5-3-14(4-6-15)18(23)21-9-7-19(8-10-21)24-11-12-25-19/h1-6,13H,7-12H2,(H,20,22). The molecule has 0 saturated carbocycles. The molecule has 0 aliphatic carbocycles. The van der Waals surface area contributed by atoms with Crippen LogP contribution in [-0.4, -0.2) is 48.8 Å². The summed E-state index contributed by atoms with van der Waals surface area (Å²) in [4.78, 5) is 27.2. The predicted octanol–water partition coefficient (Wildman–Crippen LogP) is 2.98. The van der Waals surface area contributed by atoms with Crippen LogP contribution in [0.5, 0.6) is 0 Å². The molecule has 1 aromatic carbocycles. The number of likely N-dealkylation sites (tertiary alicyclic amines) is 1. The van der Waals surface area contributed by atoms with Crippen molar-refractivity contribution in [3.63, 3.8) is 0 Å². The Balaban J connectivity index is 1.36. The van der Waals surface area contributed by atoms with Gasteiger partial charge in [-0.05, 0) is 35.7 Å². The minimum Gasteiger partial charge on any atom is -0.347 e. The van der Waals surface area contributed by atoms with E-state index in [1.165, 1.54) is 11.3 Å². The first-order valence-electron chi connectivity index (χ1n) is 8.67. The molecule has 2 saturated heterocycles. The number of hydrogen-bond donors (Lipinski definition) is 1. The molecule has 4 rings (SSSR count). The lowest BCUT2D eigenvalue weighted by atomic mass is 10.0. The normalized spacial score (nSPS) is 18.8. The number of carbonyl (C=O) groups excluding carboxylic acids is 2. The summed E-state index contributed by atoms with van der Waals surface area (Å²) < 4.78 is 11.4. The van der Waals surface area contributed by atoms with E-state index in [1.54, 1.807) is 30.3 Å². The number of hydrogen-bond acceptors (Lipinski definition) is 5. The lowest BCUT2D eigenvalue weighted by molar-refractivity contribution is -0.181. The van der Waals surface area contributed by atoms with E-state index < -0.39 is 5.79 Å². The Labute approximate surface area is 155 Å². The molecule has 0 atom stereocenters. The van der Waals surface area contributed by atoms with Gasteiger partial charge in [-0.15, -0.1) is 11.3 Å². The summed E-state index contributed by atoms with van der Waals surface area (Å²) in [5.74, 6) is -0.627. The van der Waals surface area contributed by atoms with Crippen LogP contribution in [0, 0.1) is 0 Å². The number of ether oxygens (including phenoxy) is 2. The quantitative estimate of drug-likeness (QED) is 0.899. The first-order valence-corrected chi connectivity index (χ1v) is 9.55. The van der Waals surface area contributed by atoms with Gasteiger partial charge < -0.3 is 19.7 Å². The summed E-state index contributed by atoms with van der Waals surface area (Å²) in [7, 11) is 0. The summed E-state index contributed by atoms with van der Waals surface area (Å²) in [6.45, 7) is 2.50. The number of thiophene rings is 1. The van der Waals surface area contributed by atoms with Gasteiger partial charge in [-0.25, -0.2) is 0 Å². The van der Waals surface area contributed by atoms with E-state index in [-0.39, 0.29) is 11.8 Å². The second kappa shape index (κ2) is 7.19. The van der Waals surface area contributed by atoms with Gasteiger partial charge in [-0.2, -0.15) is 0 Å². The summed E-state index contributed by atoms with van der Waals surface area (Å²) in [5.41, 5.74) is 1.29. The fraction of sp³-hybridized carbons (Fsp3) is 0.368. The number of nitrogens with zero attached hydrogens (tertiary/aromatic N) is 1. The van der Waals surface area contributed by atoms with E-state index in [9.17, 15) is 9.59 Å². The van der Waals surface area contributed by atoms with Crippen LogP contribution in [0.1, 0.15) is 32.9 Å². The van der Waals surface area contributed by atoms with Gasteiger partial charge in [0.1, 0.15) is 0 Å². The van der Waals surface area contributed by atoms with Crippen LogP contribution in [0.2, 0.25) is 0 Å². The highest BCUT2D eigenvalue weighted by molar-refractivity contribution is 7.12. The van der Waals surface area contributed by atoms with Crippen LogP contribution in [0.15, 0.2) is 41.8 Å². The van der Waals surface area contributed by atoms with E-state index in [0.29, 0.717) is 55.3 Å². The molecule has 2 fully saturated rings. The van der Waals surface area contributed by atoms with Gasteiger partial charge in [0.25, 0.3) is 11.8 Å². The zero-order chi connectivity index (χ0) is 18.0. The maximum Gasteiger partial charge on any atom is 0.265 e. The van der Waals surface area contributed by atoms with Crippen molar-refractivity contribution in [3.8, 4) is 0 Å². The predicted molar refractivity (Wildman–Crippen MR) is 98.5 cm³/mol. The number of piperidine rings is 1. The Morgan fingerprint density at radius 1 is 1.04 bits per heavy atom. The van der Waals surface area contributed by atoms with Gasteiger partial charge >= 0.3 is 0 Å². The number of amides is 2. The van der Waals surface area contributed by atoms with Crippen LogP contribution >= 0.6 is 11.3 Å². The average molecular weight is 372 g/mol. The monoisotopic (exact) mass is 372 g/mol. The molecule has 1 aromatic heterocycles. The van der Waals surface area contributed by atoms with Crippen LogP contribution in [-0.2, 0) is 9.47 Å². The molecule has 0 unspecified atom stereocenters. The van der Waals surface area contributed by atoms with E-state index in [2.05, 4.69) is 5.32 Å². The maximum atomic E-state index is 12.7. The Kier molecular flexibility index (Phi) is 4.76. The van der Waals surface area contributed by atoms with Crippen LogP contribution < -0.4 is 5.32 Å². The Morgan fingerprint density at radius 2 is 1.73 bits per heavy atom. The molecule has 7 heteroatoms. The molecule has 1 spiro atoms. The number of rotatable bonds is 3. The zero-order valence-electron chi connectivity index (χ0n) is 14.3. The highest BCUT2D eigenvalue weighted by Crippen LogP contribution is 2.31. The van der Waals surface area contributed by atoms with Crippen molar-refractivity contribution in [3.05, 3.63) is 52.2 Å². The molecule has 6 nitrogen and oxygen atoms in total. The first-order chi connectivity index (χ1) is 12.7. The summed E-state index contributed by atoms with van der Waals surface area (Å²) in [6, 6.07) is 10.6. The minimum atomic E-state index is -0.479. The molecule has 26 heavy (non-hydrogen) atoms. The van der Waals surface area contributed by atoms with Gasteiger partial charge in [-0.3, -0.25) is 9.59 Å². The van der Waals surface area contributed by atoms with E-state index in [0.717, 1.165) is 0 Å². The van der Waals surface area contributed by atoms with Crippen molar-refractivity contribution >= 4 is 28.8 Å². The SMILES string of the molecule is O=C(Nc1ccc(C(=O)N2CCC3(CC2)OCCO3)cc1)c1cccs1. The van der Waals surface area contributed by atoms with Gasteiger partial charge in [0.15, 0.2) is 5.79 Å². The highest BCUT2D eigenvalue weighted by Gasteiger charge is 2.40. The molecule has 3 heterocycles. The molecule has 1 N–H and O–H groups in total. The molecule has 2 aromatic rings. The minimum absolute atomic E-state index is 0.00557. The van der Waals surface area contributed by atoms with E-state index in [4.69, 9.17) is 9.47 Å². The molecule has 136 valence electrons. The molecule has 2 amide bonds. The Morgan fingerprint density at radius 3 is 2.35 bits per heavy atom. The molecule has 0 radical (unpaired) electrons. The fourth-order valence-electron chi connectivity index (χ4n) is 3.32. The van der Waals surface area contributed by atoms with Crippen molar-refractivity contribution in [1.29, 1.82) is 0 Å². The number of benzene rings is 1. The maximum absolute atomic E-state index is 12.7. The van der Waals surface area contributed by atoms with Crippen molar-refractivity contribution < 1.29 is 19.1 Å². The molecular formula is C19H20N2O4S. The lowest BCUT2D eigenvalue weighted by Gasteiger charge is -2.37. The third-order valence-electron chi connectivity index (χ3n) is 4.76. The number of nitrogens with one attached hydrogen (secondary N) is 1. The fourth-order valence-corrected chi connectivity index (χ4v) is 3.93. The van der Waals surface area contributed by atoms with Crippen molar-refractivity contribution in [1.82, 2.24) is 4.90 Å². The summed E-state index contributed by atoms with van der Waals surface area (Å²) in [5, 5.41) is 4.70. The molecule has 2 aliphatic rings. The topological polar surface area (TPSA) is 67.9 Å². The Hall–Kier alpha value is -2.22. The lowest BCUT2D eigenvalue weighted by Crippen LogP contribution is -2.47. The highest BCUT2D eigenvalue weighted by atomic mass is 32.1. The van der Waals surface area contributed by atoms with Gasteiger partial charge in [0.05, 0.1) is 18.1 Å². The van der Waals surface area contributed by atoms with Crippen LogP contribution in [0.25, 0.3) is 0 Å². The van der Waals surface area contributed by atoms with Crippen molar-refractivity contribution in [2.75, 3.05) is 31.6 Å². The largest absolute Gasteiger partial charge is 0.347 e. The van der Waals surface area contributed by atoms with Crippen molar-refractivity contribution in [2.24, 2.45) is 0 Å². The van der Waals surface area contributed by atoms with E-state index in [1.807, 2.05) is 16.3 Å². The van der Waals surface area contributed by atoms with Gasteiger partial charge in [0, 0.05) is 37.2 Å². The summed E-state index contributed by atoms with van der Waals surface area (Å²) >= 11 is 1.39. The second-order valence-corrected chi connectivity index (χ2v) is 7.36. The smallest absolute Gasteiger partial charge is 0.265 e. The molecule has 0 bridgehead atoms. The van der Waals surface area contributed by atoms with Crippen LogP contribution in [0.4, 0.5) is 5.69 Å². The molecular weight excluding hydrogens is 352 g/mol. The van der Waals surface area contributed by atoms with Gasteiger partial charge in [-0.1, -0.05) is 6.07 Å². The van der Waals surface area contributed by atoms with Crippen molar-refractivity contribution in [2.45, 2.75) is 18.6 Å². The third kappa shape index (κ3) is 3.51. The van der Waals surface area contributed by atoms with E-state index >= 15 is 0 Å². The molecule has 2 aliphatic heterocycles. The van der Waals surface area contributed by atoms with Gasteiger partial charge in [0.2, 0.25) is 0 Å². The average Bonchev–Trinajstić information content (AvgIpc) is 3.35.